The number of quaternary nitrogens is 2. The molecule has 1 aromatic heterocycles. The van der Waals surface area contributed by atoms with Crippen molar-refractivity contribution in [3.05, 3.63) is 66.0 Å². The molecule has 2 fully saturated rings. The zero-order valence-electron chi connectivity index (χ0n) is 15.9. The fraction of sp³-hybridized carbons (Fsp3) is 0.455. The van der Waals surface area contributed by atoms with E-state index in [1.165, 1.54) is 31.5 Å². The first-order chi connectivity index (χ1) is 13.3. The molecule has 4 rings (SSSR count). The minimum absolute atomic E-state index is 0.129. The van der Waals surface area contributed by atoms with Crippen molar-refractivity contribution in [3.63, 3.8) is 0 Å². The predicted molar refractivity (Wildman–Crippen MR) is 105 cm³/mol. The van der Waals surface area contributed by atoms with E-state index in [0.717, 1.165) is 38.8 Å². The molecule has 0 radical (unpaired) electrons. The maximum absolute atomic E-state index is 12.6. The fourth-order valence-corrected chi connectivity index (χ4v) is 4.57. The lowest BCUT2D eigenvalue weighted by atomic mass is 10.0. The number of benzene rings is 1. The Morgan fingerprint density at radius 1 is 1.00 bits per heavy atom. The summed E-state index contributed by atoms with van der Waals surface area (Å²) in [7, 11) is 0. The number of hydrogen-bond acceptors (Lipinski definition) is 2. The van der Waals surface area contributed by atoms with Gasteiger partial charge < -0.3 is 14.7 Å². The van der Waals surface area contributed by atoms with Crippen LogP contribution in [0.4, 0.5) is 0 Å². The van der Waals surface area contributed by atoms with Gasteiger partial charge in [0, 0.05) is 30.8 Å². The van der Waals surface area contributed by atoms with Gasteiger partial charge in [0.25, 0.3) is 5.91 Å². The molecule has 2 saturated heterocycles. The lowest BCUT2D eigenvalue weighted by molar-refractivity contribution is -0.965. The normalized spacial score (nSPS) is 23.9. The first kappa shape index (κ1) is 18.1. The molecule has 2 aromatic rings. The quantitative estimate of drug-likeness (QED) is 0.778. The molecule has 0 aliphatic carbocycles. The number of piperazine rings is 1. The van der Waals surface area contributed by atoms with Crippen LogP contribution in [0.2, 0.25) is 0 Å². The number of hydrogen-bond donors (Lipinski definition) is 2. The van der Waals surface area contributed by atoms with Crippen LogP contribution < -0.4 is 9.80 Å². The van der Waals surface area contributed by atoms with Gasteiger partial charge in [-0.05, 0) is 12.1 Å². The van der Waals surface area contributed by atoms with E-state index in [-0.39, 0.29) is 5.91 Å². The monoisotopic (exact) mass is 366 g/mol. The molecule has 1 aromatic carbocycles. The van der Waals surface area contributed by atoms with Crippen LogP contribution in [-0.4, -0.2) is 61.1 Å². The van der Waals surface area contributed by atoms with E-state index in [0.29, 0.717) is 5.56 Å². The third-order valence-electron chi connectivity index (χ3n) is 6.17. The van der Waals surface area contributed by atoms with Crippen molar-refractivity contribution < 1.29 is 14.6 Å². The van der Waals surface area contributed by atoms with Crippen LogP contribution >= 0.6 is 0 Å². The van der Waals surface area contributed by atoms with Gasteiger partial charge in [0.2, 0.25) is 0 Å². The standard InChI is InChI=1S/C22H28N4O/c27-22(20-7-4-10-23-17-20)26-15-13-25(14-16-26)21-8-11-24(12-9-21)18-19-5-2-1-3-6-19/h1-7,10,17,21H,8-9,11-16,18H2/p+2. The van der Waals surface area contributed by atoms with Crippen molar-refractivity contribution in [1.29, 1.82) is 0 Å². The molecule has 0 atom stereocenters. The number of carbonyl (C=O) groups is 1. The number of amides is 1. The molecule has 27 heavy (non-hydrogen) atoms. The van der Waals surface area contributed by atoms with Crippen molar-refractivity contribution in [2.75, 3.05) is 39.3 Å². The van der Waals surface area contributed by atoms with Gasteiger partial charge in [0.1, 0.15) is 6.54 Å². The van der Waals surface area contributed by atoms with Crippen LogP contribution in [-0.2, 0) is 6.54 Å². The van der Waals surface area contributed by atoms with E-state index in [1.54, 1.807) is 22.2 Å². The smallest absolute Gasteiger partial charge is 0.255 e. The van der Waals surface area contributed by atoms with E-state index < -0.39 is 0 Å². The van der Waals surface area contributed by atoms with Crippen molar-refractivity contribution in [1.82, 2.24) is 9.88 Å². The number of aromatic nitrogens is 1. The van der Waals surface area contributed by atoms with Crippen LogP contribution in [0, 0.1) is 0 Å². The molecule has 0 unspecified atom stereocenters. The van der Waals surface area contributed by atoms with Crippen molar-refractivity contribution in [2.45, 2.75) is 25.4 Å². The second-order valence-corrected chi connectivity index (χ2v) is 7.88. The lowest BCUT2D eigenvalue weighted by Crippen LogP contribution is -3.21. The van der Waals surface area contributed by atoms with Crippen molar-refractivity contribution in [3.8, 4) is 0 Å². The second-order valence-electron chi connectivity index (χ2n) is 7.88. The van der Waals surface area contributed by atoms with Crippen LogP contribution in [0.5, 0.6) is 0 Å². The molecular weight excluding hydrogens is 336 g/mol. The summed E-state index contributed by atoms with van der Waals surface area (Å²) in [6.07, 6.45) is 5.99. The molecular formula is C22H30N4O+2. The number of likely N-dealkylation sites (tertiary alicyclic amines) is 1. The predicted octanol–water partition coefficient (Wildman–Crippen LogP) is -0.330. The molecule has 5 heteroatoms. The summed E-state index contributed by atoms with van der Waals surface area (Å²) in [5.41, 5.74) is 2.15. The summed E-state index contributed by atoms with van der Waals surface area (Å²) in [6, 6.07) is 15.3. The van der Waals surface area contributed by atoms with E-state index in [1.807, 2.05) is 17.0 Å². The molecule has 2 N–H and O–H groups in total. The first-order valence-corrected chi connectivity index (χ1v) is 10.2. The average molecular weight is 367 g/mol. The Labute approximate surface area is 161 Å². The molecule has 142 valence electrons. The van der Waals surface area contributed by atoms with Crippen molar-refractivity contribution in [2.24, 2.45) is 0 Å². The summed E-state index contributed by atoms with van der Waals surface area (Å²) >= 11 is 0. The van der Waals surface area contributed by atoms with Gasteiger partial charge in [0.15, 0.2) is 0 Å². The summed E-state index contributed by atoms with van der Waals surface area (Å²) in [5, 5.41) is 0. The average Bonchev–Trinajstić information content (AvgIpc) is 2.75. The summed E-state index contributed by atoms with van der Waals surface area (Å²) in [6.45, 7) is 7.55. The molecule has 3 heterocycles. The highest BCUT2D eigenvalue weighted by Gasteiger charge is 2.33. The minimum atomic E-state index is 0.129. The highest BCUT2D eigenvalue weighted by atomic mass is 16.2. The van der Waals surface area contributed by atoms with Crippen LogP contribution in [0.3, 0.4) is 0 Å². The fourth-order valence-electron chi connectivity index (χ4n) is 4.57. The van der Waals surface area contributed by atoms with Gasteiger partial charge in [-0.15, -0.1) is 0 Å². The van der Waals surface area contributed by atoms with Gasteiger partial charge in [-0.1, -0.05) is 30.3 Å². The second kappa shape index (κ2) is 8.63. The molecule has 5 nitrogen and oxygen atoms in total. The van der Waals surface area contributed by atoms with E-state index >= 15 is 0 Å². The SMILES string of the molecule is O=C(c1cccnc1)N1CC[NH+](C2CC[NH+](Cc3ccccc3)CC2)CC1. The van der Waals surface area contributed by atoms with Crippen molar-refractivity contribution >= 4 is 5.91 Å². The first-order valence-electron chi connectivity index (χ1n) is 10.2. The van der Waals surface area contributed by atoms with E-state index in [2.05, 4.69) is 35.3 Å². The van der Waals surface area contributed by atoms with Gasteiger partial charge >= 0.3 is 0 Å². The molecule has 0 saturated carbocycles. The van der Waals surface area contributed by atoms with Crippen LogP contribution in [0.1, 0.15) is 28.8 Å². The maximum atomic E-state index is 12.6. The van der Waals surface area contributed by atoms with Gasteiger partial charge in [-0.2, -0.15) is 0 Å². The number of piperidine rings is 1. The molecule has 1 amide bonds. The Balaban J connectivity index is 1.23. The maximum Gasteiger partial charge on any atom is 0.255 e. The number of rotatable bonds is 4. The zero-order valence-corrected chi connectivity index (χ0v) is 15.9. The number of nitrogens with zero attached hydrogens (tertiary/aromatic N) is 2. The number of nitrogens with one attached hydrogen (secondary N) is 2. The Morgan fingerprint density at radius 2 is 1.74 bits per heavy atom. The van der Waals surface area contributed by atoms with Crippen LogP contribution in [0.15, 0.2) is 54.9 Å². The van der Waals surface area contributed by atoms with E-state index in [9.17, 15) is 4.79 Å². The van der Waals surface area contributed by atoms with Crippen LogP contribution in [0.25, 0.3) is 0 Å². The Morgan fingerprint density at radius 3 is 2.41 bits per heavy atom. The molecule has 0 spiro atoms. The number of pyridine rings is 1. The molecule has 0 bridgehead atoms. The highest BCUT2D eigenvalue weighted by molar-refractivity contribution is 5.93. The number of carbonyl (C=O) groups excluding carboxylic acids is 1. The van der Waals surface area contributed by atoms with Gasteiger partial charge in [-0.3, -0.25) is 9.78 Å². The third-order valence-corrected chi connectivity index (χ3v) is 6.17. The Kier molecular flexibility index (Phi) is 5.80. The topological polar surface area (TPSA) is 42.1 Å². The summed E-state index contributed by atoms with van der Waals surface area (Å²) in [5.74, 6) is 0.129. The zero-order chi connectivity index (χ0) is 18.5. The Bertz CT molecular complexity index is 720. The van der Waals surface area contributed by atoms with Gasteiger partial charge in [-0.25, -0.2) is 0 Å². The van der Waals surface area contributed by atoms with E-state index in [4.69, 9.17) is 0 Å². The highest BCUT2D eigenvalue weighted by Crippen LogP contribution is 2.05. The lowest BCUT2D eigenvalue weighted by Gasteiger charge is -2.39. The third kappa shape index (κ3) is 4.54. The summed E-state index contributed by atoms with van der Waals surface area (Å²) in [4.78, 5) is 22.0. The Hall–Kier alpha value is -2.24. The van der Waals surface area contributed by atoms with Gasteiger partial charge in [0.05, 0.1) is 50.9 Å². The largest absolute Gasteiger partial charge is 0.331 e. The summed E-state index contributed by atoms with van der Waals surface area (Å²) < 4.78 is 0. The molecule has 2 aliphatic rings. The molecule has 2 aliphatic heterocycles. The minimum Gasteiger partial charge on any atom is -0.331 e.